The second kappa shape index (κ2) is 11.5. The number of nitrogens with zero attached hydrogens (tertiary/aromatic N) is 6. The molecule has 12 heteroatoms. The fraction of sp³-hybridized carbons (Fsp3) is 0.433. The van der Waals surface area contributed by atoms with E-state index in [1.807, 2.05) is 12.1 Å². The molecule has 2 saturated heterocycles. The first-order valence-corrected chi connectivity index (χ1v) is 14.9. The van der Waals surface area contributed by atoms with E-state index in [1.165, 1.54) is 18.4 Å². The van der Waals surface area contributed by atoms with Crippen molar-refractivity contribution in [1.82, 2.24) is 35.3 Å². The molecule has 5 heterocycles. The van der Waals surface area contributed by atoms with Gasteiger partial charge in [-0.1, -0.05) is 61.7 Å². The van der Waals surface area contributed by atoms with Crippen molar-refractivity contribution in [1.29, 1.82) is 0 Å². The Labute approximate surface area is 248 Å². The van der Waals surface area contributed by atoms with Crippen molar-refractivity contribution < 1.29 is 14.4 Å². The van der Waals surface area contributed by atoms with Gasteiger partial charge in [-0.2, -0.15) is 4.98 Å². The molecule has 4 aromatic rings. The molecule has 218 valence electrons. The van der Waals surface area contributed by atoms with Crippen LogP contribution in [0.2, 0.25) is 5.15 Å². The minimum absolute atomic E-state index is 0.00248. The Morgan fingerprint density at radius 1 is 1.07 bits per heavy atom. The number of hydrogen-bond acceptors (Lipinski definition) is 9. The van der Waals surface area contributed by atoms with Crippen LogP contribution in [-0.4, -0.2) is 50.4 Å². The number of amides is 1. The third-order valence-corrected chi connectivity index (χ3v) is 8.74. The Hall–Kier alpha value is -3.80. The lowest BCUT2D eigenvalue weighted by Crippen LogP contribution is -2.41. The van der Waals surface area contributed by atoms with E-state index in [4.69, 9.17) is 36.1 Å². The lowest BCUT2D eigenvalue weighted by molar-refractivity contribution is 0.0927. The van der Waals surface area contributed by atoms with Crippen molar-refractivity contribution in [3.05, 3.63) is 65.2 Å². The first-order valence-electron chi connectivity index (χ1n) is 14.6. The Morgan fingerprint density at radius 3 is 2.67 bits per heavy atom. The number of benzene rings is 1. The van der Waals surface area contributed by atoms with Gasteiger partial charge in [-0.05, 0) is 42.4 Å². The summed E-state index contributed by atoms with van der Waals surface area (Å²) in [4.78, 5) is 38.4. The zero-order chi connectivity index (χ0) is 28.6. The van der Waals surface area contributed by atoms with Crippen molar-refractivity contribution >= 4 is 34.8 Å². The SMILES string of the molecule is CC1CCC(Cn2c(N3CCOC[C@H]3c3ccccc3)nc3nc(C4NOC(=O)N4)nc(-c4ccnc(Cl)c4)c32)CC1. The molecule has 2 atom stereocenters. The molecule has 0 bridgehead atoms. The van der Waals surface area contributed by atoms with E-state index in [9.17, 15) is 4.79 Å². The smallest absolute Gasteiger partial charge is 0.377 e. The maximum Gasteiger partial charge on any atom is 0.427 e. The van der Waals surface area contributed by atoms with E-state index in [1.54, 1.807) is 12.3 Å². The summed E-state index contributed by atoms with van der Waals surface area (Å²) in [5.41, 5.74) is 6.69. The fourth-order valence-corrected chi connectivity index (χ4v) is 6.46. The molecule has 3 aromatic heterocycles. The van der Waals surface area contributed by atoms with Gasteiger partial charge in [-0.15, -0.1) is 5.48 Å². The van der Waals surface area contributed by atoms with E-state index in [0.29, 0.717) is 48.0 Å². The number of imidazole rings is 1. The van der Waals surface area contributed by atoms with Crippen LogP contribution in [0.25, 0.3) is 22.4 Å². The van der Waals surface area contributed by atoms with Gasteiger partial charge in [-0.25, -0.2) is 19.7 Å². The second-order valence-electron chi connectivity index (χ2n) is 11.4. The van der Waals surface area contributed by atoms with Crippen LogP contribution in [-0.2, 0) is 16.1 Å². The number of morpholine rings is 1. The maximum atomic E-state index is 11.9. The number of nitrogens with one attached hydrogen (secondary N) is 2. The van der Waals surface area contributed by atoms with Gasteiger partial charge in [0.2, 0.25) is 5.95 Å². The number of carbonyl (C=O) groups excluding carboxylic acids is 1. The molecule has 1 aromatic carbocycles. The first-order chi connectivity index (χ1) is 20.5. The summed E-state index contributed by atoms with van der Waals surface area (Å²) >= 11 is 6.37. The maximum absolute atomic E-state index is 11.9. The molecular weight excluding hydrogens is 556 g/mol. The third-order valence-electron chi connectivity index (χ3n) is 8.54. The van der Waals surface area contributed by atoms with E-state index >= 15 is 0 Å². The number of halogens is 1. The first kappa shape index (κ1) is 27.1. The number of ether oxygens (including phenoxy) is 1. The molecule has 2 N–H and O–H groups in total. The number of fused-ring (bicyclic) bond motifs is 1. The van der Waals surface area contributed by atoms with Gasteiger partial charge in [0.15, 0.2) is 17.6 Å². The third kappa shape index (κ3) is 5.28. The van der Waals surface area contributed by atoms with E-state index in [2.05, 4.69) is 56.4 Å². The Balaban J connectivity index is 1.42. The number of aromatic nitrogens is 5. The zero-order valence-corrected chi connectivity index (χ0v) is 24.1. The highest BCUT2D eigenvalue weighted by Crippen LogP contribution is 2.38. The Bertz CT molecular complexity index is 1590. The van der Waals surface area contributed by atoms with E-state index in [0.717, 1.165) is 42.3 Å². The standard InChI is InChI=1S/C30H33ClN8O3/c1-18-7-9-19(10-8-18)16-39-25-24(21-11-12-32-23(31)15-21)33-27(28-36-30(40)42-37-28)34-26(25)35-29(39)38-13-14-41-17-22(38)20-5-3-2-4-6-20/h2-6,11-12,15,18-19,22,28,37H,7-10,13-14,16-17H2,1H3,(H,36,40)/t18?,19?,22-,28?/m0/s1. The zero-order valence-electron chi connectivity index (χ0n) is 23.4. The summed E-state index contributed by atoms with van der Waals surface area (Å²) in [7, 11) is 0. The van der Waals surface area contributed by atoms with Crippen molar-refractivity contribution in [2.45, 2.75) is 51.4 Å². The number of carbonyl (C=O) groups is 1. The average Bonchev–Trinajstić information content (AvgIpc) is 3.62. The Morgan fingerprint density at radius 2 is 1.90 bits per heavy atom. The van der Waals surface area contributed by atoms with E-state index < -0.39 is 12.3 Å². The monoisotopic (exact) mass is 588 g/mol. The average molecular weight is 589 g/mol. The summed E-state index contributed by atoms with van der Waals surface area (Å²) < 4.78 is 8.28. The molecule has 1 amide bonds. The van der Waals surface area contributed by atoms with Crippen LogP contribution in [0.5, 0.6) is 0 Å². The largest absolute Gasteiger partial charge is 0.427 e. The number of anilines is 1. The molecule has 0 spiro atoms. The van der Waals surface area contributed by atoms with Gasteiger partial charge in [-0.3, -0.25) is 5.32 Å². The van der Waals surface area contributed by atoms with Crippen LogP contribution in [0.4, 0.5) is 10.7 Å². The van der Waals surface area contributed by atoms with Crippen molar-refractivity contribution in [3.63, 3.8) is 0 Å². The molecule has 7 rings (SSSR count). The highest BCUT2D eigenvalue weighted by Gasteiger charge is 2.34. The normalized spacial score (nSPS) is 24.5. The summed E-state index contributed by atoms with van der Waals surface area (Å²) in [5.74, 6) is 2.44. The molecule has 3 fully saturated rings. The van der Waals surface area contributed by atoms with Gasteiger partial charge >= 0.3 is 6.09 Å². The number of hydrogen-bond donors (Lipinski definition) is 2. The topological polar surface area (TPSA) is 119 Å². The molecule has 2 aliphatic heterocycles. The molecule has 1 aliphatic carbocycles. The van der Waals surface area contributed by atoms with Crippen LogP contribution in [0, 0.1) is 11.8 Å². The minimum Gasteiger partial charge on any atom is -0.377 e. The lowest BCUT2D eigenvalue weighted by atomic mass is 9.83. The fourth-order valence-electron chi connectivity index (χ4n) is 6.28. The molecule has 1 unspecified atom stereocenters. The Kier molecular flexibility index (Phi) is 7.39. The van der Waals surface area contributed by atoms with Crippen LogP contribution < -0.4 is 15.7 Å². The predicted octanol–water partition coefficient (Wildman–Crippen LogP) is 5.19. The summed E-state index contributed by atoms with van der Waals surface area (Å²) in [6.45, 7) is 5.00. The van der Waals surface area contributed by atoms with Gasteiger partial charge in [0, 0.05) is 24.8 Å². The summed E-state index contributed by atoms with van der Waals surface area (Å²) in [6.07, 6.45) is 5.13. The van der Waals surface area contributed by atoms with Crippen molar-refractivity contribution in [2.75, 3.05) is 24.7 Å². The number of hydroxylamine groups is 1. The molecular formula is C30H33ClN8O3. The minimum atomic E-state index is -0.716. The van der Waals surface area contributed by atoms with Gasteiger partial charge < -0.3 is 19.0 Å². The predicted molar refractivity (Wildman–Crippen MR) is 158 cm³/mol. The number of rotatable bonds is 6. The molecule has 3 aliphatic rings. The molecule has 0 radical (unpaired) electrons. The van der Waals surface area contributed by atoms with E-state index in [-0.39, 0.29) is 6.04 Å². The van der Waals surface area contributed by atoms with Gasteiger partial charge in [0.05, 0.1) is 19.3 Å². The van der Waals surface area contributed by atoms with Crippen LogP contribution >= 0.6 is 11.6 Å². The molecule has 1 saturated carbocycles. The number of pyridine rings is 1. The highest BCUT2D eigenvalue weighted by molar-refractivity contribution is 6.29. The molecule has 42 heavy (non-hydrogen) atoms. The quantitative estimate of drug-likeness (QED) is 0.293. The summed E-state index contributed by atoms with van der Waals surface area (Å²) in [5, 5.41) is 3.07. The van der Waals surface area contributed by atoms with Crippen LogP contribution in [0.3, 0.4) is 0 Å². The lowest BCUT2D eigenvalue weighted by Gasteiger charge is -2.37. The van der Waals surface area contributed by atoms with Crippen molar-refractivity contribution in [2.24, 2.45) is 11.8 Å². The van der Waals surface area contributed by atoms with Gasteiger partial charge in [0.1, 0.15) is 16.4 Å². The highest BCUT2D eigenvalue weighted by atomic mass is 35.5. The van der Waals surface area contributed by atoms with Crippen molar-refractivity contribution in [3.8, 4) is 11.3 Å². The second-order valence-corrected chi connectivity index (χ2v) is 11.8. The van der Waals surface area contributed by atoms with Crippen LogP contribution in [0.1, 0.15) is 56.2 Å². The van der Waals surface area contributed by atoms with Gasteiger partial charge in [0.25, 0.3) is 0 Å². The van der Waals surface area contributed by atoms with Crippen LogP contribution in [0.15, 0.2) is 48.7 Å². The molecule has 11 nitrogen and oxygen atoms in total. The summed E-state index contributed by atoms with van der Waals surface area (Å²) in [6, 6.07) is 14.1.